The number of amides is 3. The molecule has 0 aliphatic carbocycles. The molecular weight excluding hydrogens is 208 g/mol. The van der Waals surface area contributed by atoms with Gasteiger partial charge in [-0.25, -0.2) is 0 Å². The Hall–Kier alpha value is -1.10. The molecule has 0 aromatic carbocycles. The average Bonchev–Trinajstić information content (AvgIpc) is 2.65. The fraction of sp³-hybridized carbons (Fsp3) is 0.625. The van der Waals surface area contributed by atoms with E-state index in [2.05, 4.69) is 0 Å². The van der Waals surface area contributed by atoms with E-state index in [4.69, 9.17) is 11.6 Å². The van der Waals surface area contributed by atoms with Gasteiger partial charge < -0.3 is 4.90 Å². The molecule has 0 aromatic heterocycles. The number of nitrogens with zero attached hydrogens (tertiary/aromatic N) is 1. The topological polar surface area (TPSA) is 66.5 Å². The van der Waals surface area contributed by atoms with E-state index in [0.29, 0.717) is 19.4 Å². The smallest absolute Gasteiger partial charge is 0.249 e. The van der Waals surface area contributed by atoms with Gasteiger partial charge >= 0.3 is 0 Å². The fourth-order valence-corrected chi connectivity index (χ4v) is 1.72. The van der Waals surface area contributed by atoms with Crippen molar-refractivity contribution in [3.63, 3.8) is 0 Å². The van der Waals surface area contributed by atoms with Crippen LogP contribution >= 0.6 is 11.6 Å². The highest BCUT2D eigenvalue weighted by Gasteiger charge is 2.33. The van der Waals surface area contributed by atoms with Gasteiger partial charge in [-0.3, -0.25) is 19.7 Å². The second-order valence-electron chi connectivity index (χ2n) is 3.01. The van der Waals surface area contributed by atoms with Crippen LogP contribution in [0.5, 0.6) is 0 Å². The van der Waals surface area contributed by atoms with E-state index in [1.165, 1.54) is 4.90 Å². The molecule has 1 N–H and O–H groups in total. The molecule has 0 spiro atoms. The number of nitrogens with one attached hydrogen (secondary N) is 1. The summed E-state index contributed by atoms with van der Waals surface area (Å²) in [6.07, 6.45) is 1.67. The van der Waals surface area contributed by atoms with Crippen molar-refractivity contribution in [1.29, 1.82) is 0 Å². The number of imide groups is 1. The Bertz CT molecular complexity index is 257. The first-order valence-electron chi connectivity index (χ1n) is 4.30. The summed E-state index contributed by atoms with van der Waals surface area (Å²) in [5.74, 6) is -0.837. The Kier molecular flexibility index (Phi) is 3.88. The molecule has 0 bridgehead atoms. The lowest BCUT2D eigenvalue weighted by Crippen LogP contribution is -2.46. The number of hydrogen-bond acceptors (Lipinski definition) is 3. The lowest BCUT2D eigenvalue weighted by molar-refractivity contribution is -0.137. The lowest BCUT2D eigenvalue weighted by atomic mass is 10.2. The maximum Gasteiger partial charge on any atom is 0.249 e. The van der Waals surface area contributed by atoms with Gasteiger partial charge in [-0.2, -0.15) is 0 Å². The first kappa shape index (κ1) is 11.0. The van der Waals surface area contributed by atoms with Crippen molar-refractivity contribution in [1.82, 2.24) is 10.2 Å². The van der Waals surface area contributed by atoms with Crippen LogP contribution in [0.15, 0.2) is 0 Å². The van der Waals surface area contributed by atoms with E-state index in [1.807, 2.05) is 5.32 Å². The van der Waals surface area contributed by atoms with Crippen molar-refractivity contribution in [2.24, 2.45) is 0 Å². The largest absolute Gasteiger partial charge is 0.330 e. The summed E-state index contributed by atoms with van der Waals surface area (Å²) in [5.41, 5.74) is 0. The highest BCUT2D eigenvalue weighted by atomic mass is 35.5. The monoisotopic (exact) mass is 218 g/mol. The van der Waals surface area contributed by atoms with E-state index in [1.54, 1.807) is 0 Å². The van der Waals surface area contributed by atoms with E-state index >= 15 is 0 Å². The van der Waals surface area contributed by atoms with Crippen LogP contribution in [0.1, 0.15) is 12.8 Å². The normalized spacial score (nSPS) is 20.6. The van der Waals surface area contributed by atoms with Crippen LogP contribution in [0.25, 0.3) is 0 Å². The number of likely N-dealkylation sites (tertiary alicyclic amines) is 1. The maximum absolute atomic E-state index is 11.3. The third-order valence-corrected chi connectivity index (χ3v) is 2.42. The zero-order valence-corrected chi connectivity index (χ0v) is 8.29. The number of carbonyl (C=O) groups is 3. The molecule has 5 nitrogen and oxygen atoms in total. The summed E-state index contributed by atoms with van der Waals surface area (Å²) < 4.78 is 0. The summed E-state index contributed by atoms with van der Waals surface area (Å²) in [7, 11) is 0. The van der Waals surface area contributed by atoms with Crippen molar-refractivity contribution in [2.75, 3.05) is 12.4 Å². The molecular formula is C8H11ClN2O3. The van der Waals surface area contributed by atoms with Crippen molar-refractivity contribution >= 4 is 29.8 Å². The van der Waals surface area contributed by atoms with Crippen molar-refractivity contribution in [3.05, 3.63) is 0 Å². The second-order valence-corrected chi connectivity index (χ2v) is 3.27. The summed E-state index contributed by atoms with van der Waals surface area (Å²) >= 11 is 5.39. The molecule has 0 saturated carbocycles. The molecule has 1 fully saturated rings. The minimum atomic E-state index is -0.536. The standard InChI is InChI=1S/C8H11ClN2O3/c9-4-7(13)11-3-1-2-6(11)8(14)10-5-12/h5-6H,1-4H2,(H,10,12,14). The summed E-state index contributed by atoms with van der Waals surface area (Å²) in [6.45, 7) is 0.530. The lowest BCUT2D eigenvalue weighted by Gasteiger charge is -2.21. The Morgan fingerprint density at radius 1 is 1.57 bits per heavy atom. The summed E-state index contributed by atoms with van der Waals surface area (Å²) in [5, 5.41) is 2.04. The highest BCUT2D eigenvalue weighted by molar-refractivity contribution is 6.27. The molecule has 1 saturated heterocycles. The quantitative estimate of drug-likeness (QED) is 0.513. The van der Waals surface area contributed by atoms with Gasteiger partial charge in [0.2, 0.25) is 18.2 Å². The zero-order valence-electron chi connectivity index (χ0n) is 7.53. The maximum atomic E-state index is 11.3. The van der Waals surface area contributed by atoms with Gasteiger partial charge in [-0.05, 0) is 12.8 Å². The molecule has 3 amide bonds. The van der Waals surface area contributed by atoms with Crippen LogP contribution in [0, 0.1) is 0 Å². The molecule has 78 valence electrons. The van der Waals surface area contributed by atoms with Gasteiger partial charge in [0.05, 0.1) is 0 Å². The second kappa shape index (κ2) is 4.95. The molecule has 1 atom stereocenters. The van der Waals surface area contributed by atoms with E-state index < -0.39 is 11.9 Å². The minimum Gasteiger partial charge on any atom is -0.330 e. The number of carbonyl (C=O) groups excluding carboxylic acids is 3. The molecule has 14 heavy (non-hydrogen) atoms. The summed E-state index contributed by atoms with van der Waals surface area (Å²) in [6, 6.07) is -0.536. The summed E-state index contributed by atoms with van der Waals surface area (Å²) in [4.78, 5) is 34.0. The number of halogens is 1. The third-order valence-electron chi connectivity index (χ3n) is 2.19. The number of alkyl halides is 1. The van der Waals surface area contributed by atoms with Crippen molar-refractivity contribution < 1.29 is 14.4 Å². The molecule has 1 unspecified atom stereocenters. The van der Waals surface area contributed by atoms with E-state index in [9.17, 15) is 14.4 Å². The third kappa shape index (κ3) is 2.23. The van der Waals surface area contributed by atoms with Gasteiger partial charge in [-0.1, -0.05) is 0 Å². The predicted octanol–water partition coefficient (Wildman–Crippen LogP) is -0.511. The molecule has 6 heteroatoms. The first-order chi connectivity index (χ1) is 6.70. The van der Waals surface area contributed by atoms with Gasteiger partial charge in [0.15, 0.2) is 0 Å². The molecule has 1 rings (SSSR count). The van der Waals surface area contributed by atoms with Gasteiger partial charge in [0.1, 0.15) is 11.9 Å². The molecule has 0 aromatic rings. The van der Waals surface area contributed by atoms with Crippen LogP contribution in [0.3, 0.4) is 0 Å². The minimum absolute atomic E-state index is 0.134. The van der Waals surface area contributed by atoms with Crippen LogP contribution in [0.2, 0.25) is 0 Å². The van der Waals surface area contributed by atoms with Gasteiger partial charge in [0, 0.05) is 6.54 Å². The predicted molar refractivity (Wildman–Crippen MR) is 49.7 cm³/mol. The number of rotatable bonds is 3. The van der Waals surface area contributed by atoms with Crippen molar-refractivity contribution in [2.45, 2.75) is 18.9 Å². The Labute approximate surface area is 86.4 Å². The van der Waals surface area contributed by atoms with Crippen molar-refractivity contribution in [3.8, 4) is 0 Å². The van der Waals surface area contributed by atoms with Crippen LogP contribution in [0.4, 0.5) is 0 Å². The molecule has 1 aliphatic heterocycles. The Morgan fingerprint density at radius 2 is 2.29 bits per heavy atom. The Balaban J connectivity index is 2.63. The highest BCUT2D eigenvalue weighted by Crippen LogP contribution is 2.17. The van der Waals surface area contributed by atoms with Gasteiger partial charge in [-0.15, -0.1) is 11.6 Å². The van der Waals surface area contributed by atoms with Crippen LogP contribution in [-0.2, 0) is 14.4 Å². The van der Waals surface area contributed by atoms with E-state index in [0.717, 1.165) is 6.42 Å². The van der Waals surface area contributed by atoms with Crippen LogP contribution < -0.4 is 5.32 Å². The fourth-order valence-electron chi connectivity index (χ4n) is 1.57. The SMILES string of the molecule is O=CNC(=O)C1CCCN1C(=O)CCl. The molecule has 0 radical (unpaired) electrons. The Morgan fingerprint density at radius 3 is 2.86 bits per heavy atom. The number of hydrogen-bond donors (Lipinski definition) is 1. The average molecular weight is 219 g/mol. The first-order valence-corrected chi connectivity index (χ1v) is 4.83. The zero-order chi connectivity index (χ0) is 10.6. The van der Waals surface area contributed by atoms with Gasteiger partial charge in [0.25, 0.3) is 0 Å². The van der Waals surface area contributed by atoms with E-state index in [-0.39, 0.29) is 11.8 Å². The molecule has 1 heterocycles. The molecule has 1 aliphatic rings. The van der Waals surface area contributed by atoms with Crippen LogP contribution in [-0.4, -0.2) is 41.6 Å².